The molecular formula is C67H139N3O20P2S3. The van der Waals surface area contributed by atoms with Crippen molar-refractivity contribution < 1.29 is 91.3 Å². The summed E-state index contributed by atoms with van der Waals surface area (Å²) in [5.74, 6) is 4.13. The Bertz CT molecular complexity index is 2690. The zero-order valence-electron chi connectivity index (χ0n) is 66.4. The Morgan fingerprint density at radius 2 is 1.11 bits per heavy atom. The van der Waals surface area contributed by atoms with E-state index in [0.29, 0.717) is 65.0 Å². The van der Waals surface area contributed by atoms with Crippen LogP contribution in [0, 0.1) is 63.6 Å². The molecule has 0 N–H and O–H groups in total. The van der Waals surface area contributed by atoms with E-state index in [9.17, 15) is 58.4 Å². The van der Waals surface area contributed by atoms with Crippen LogP contribution in [0.1, 0.15) is 207 Å². The maximum Gasteiger partial charge on any atom is 0.509 e. The van der Waals surface area contributed by atoms with Gasteiger partial charge in [-0.25, -0.2) is 39.6 Å². The van der Waals surface area contributed by atoms with E-state index in [1.54, 1.807) is 78.9 Å². The highest BCUT2D eigenvalue weighted by molar-refractivity contribution is 7.92. The van der Waals surface area contributed by atoms with E-state index < -0.39 is 73.7 Å². The summed E-state index contributed by atoms with van der Waals surface area (Å²) in [4.78, 5) is 56.0. The third-order valence-electron chi connectivity index (χ3n) is 15.9. The molecule has 4 aliphatic rings. The molecule has 0 aromatic heterocycles. The van der Waals surface area contributed by atoms with Gasteiger partial charge in [-0.15, -0.1) is 0 Å². The number of ether oxygens (including phenoxy) is 6. The second-order valence-electron chi connectivity index (χ2n) is 29.9. The highest BCUT2D eigenvalue weighted by atomic mass is 32.2. The molecule has 0 aliphatic carbocycles. The highest BCUT2D eigenvalue weighted by Gasteiger charge is 2.56. The van der Waals surface area contributed by atoms with Crippen molar-refractivity contribution in [3.8, 4) is 6.07 Å². The molecule has 95 heavy (non-hydrogen) atoms. The predicted octanol–water partition coefficient (Wildman–Crippen LogP) is 15.1. The normalized spacial score (nSPS) is 20.7. The number of nitriles is 1. The van der Waals surface area contributed by atoms with Gasteiger partial charge in [0, 0.05) is 71.2 Å². The molecule has 4 unspecified atom stereocenters. The second-order valence-corrected chi connectivity index (χ2v) is 43.4. The third-order valence-corrected chi connectivity index (χ3v) is 25.1. The summed E-state index contributed by atoms with van der Waals surface area (Å²) in [6, 6.07) is 2.35. The Kier molecular flexibility index (Phi) is 51.7. The molecule has 0 aromatic carbocycles. The minimum Gasteiger partial charge on any atom is -0.438 e. The molecule has 570 valence electrons. The van der Waals surface area contributed by atoms with Gasteiger partial charge in [0.05, 0.1) is 60.8 Å². The fraction of sp³-hybridized carbons (Fsp3) is 0.910. The molecule has 0 spiro atoms. The van der Waals surface area contributed by atoms with Crippen molar-refractivity contribution in [2.75, 3.05) is 90.8 Å². The van der Waals surface area contributed by atoms with Gasteiger partial charge in [0.2, 0.25) is 11.8 Å². The quantitative estimate of drug-likeness (QED) is 0.105. The van der Waals surface area contributed by atoms with Crippen LogP contribution >= 0.6 is 14.5 Å². The van der Waals surface area contributed by atoms with Gasteiger partial charge >= 0.3 is 18.5 Å². The lowest BCUT2D eigenvalue weighted by atomic mass is 9.63. The number of hydrogen-bond acceptors (Lipinski definition) is 21. The Morgan fingerprint density at radius 3 is 1.20 bits per heavy atom. The fourth-order valence-corrected chi connectivity index (χ4v) is 13.7. The lowest BCUT2D eigenvalue weighted by molar-refractivity contribution is -0.132. The second kappa shape index (κ2) is 46.8. The van der Waals surface area contributed by atoms with Crippen molar-refractivity contribution in [3.63, 3.8) is 0 Å². The molecular weight excluding hydrogens is 1320 g/mol. The van der Waals surface area contributed by atoms with E-state index >= 15 is 0 Å². The number of carbonyl (C=O) groups is 5. The molecule has 4 atom stereocenters. The number of nitrogens with zero attached hydrogens (tertiary/aromatic N) is 3. The summed E-state index contributed by atoms with van der Waals surface area (Å²) in [5, 5.41) is 7.66. The number of hydrogen-bond donors (Lipinski definition) is 0. The summed E-state index contributed by atoms with van der Waals surface area (Å²) >= 11 is 0. The standard InChI is InChI=1S/C10H20O2S.C9H16O3.C7H14O2S.2C6H13NO.C6H10O3.C5H10O3.C5H13O2P.C5H13OP.C4H7N.C4H10O2S/c1-8(2)10(5)7-13(11,12)6-9(10,3)4;1-6(2)9(5)8(3,4)11-7(10)12-9;1-6(2)7-3-4-10(8,9)5-7;1-5(2)6(8)7(3)4;1-5(2)7(4)6(3)8;1-4(2)5-3-8-6(7)9-5;1-4(2)8-5(6)7-3;1-5(2)7-8(3,4)6;1-5(2)7(3,4)6;1-4(2)3-5;1-4(2)7(3,5)6/h8H,6-7H2,1-5H3;6H,1-5H3;6-7H,3-5H2,1-2H3;2*5H,1-4H3;4-5H,3H2,1-2H3;4H,1-3H3;5H,1-4H3;5H,1-4H3;4H,1-2H3;4H,1-3H3. The van der Waals surface area contributed by atoms with E-state index in [2.05, 4.69) is 62.7 Å². The predicted molar refractivity (Wildman–Crippen MR) is 389 cm³/mol. The molecule has 0 bridgehead atoms. The Balaban J connectivity index is -0.000000181. The molecule has 4 rings (SSSR count). The minimum absolute atomic E-state index is 0.0301. The molecule has 4 aliphatic heterocycles. The van der Waals surface area contributed by atoms with Gasteiger partial charge in [-0.05, 0) is 150 Å². The topological polar surface area (TPSA) is 317 Å². The van der Waals surface area contributed by atoms with E-state index in [-0.39, 0.29) is 64.0 Å². The van der Waals surface area contributed by atoms with Crippen LogP contribution < -0.4 is 0 Å². The van der Waals surface area contributed by atoms with Gasteiger partial charge < -0.3 is 47.3 Å². The molecule has 28 heteroatoms. The van der Waals surface area contributed by atoms with Crippen LogP contribution in [0.4, 0.5) is 14.4 Å². The summed E-state index contributed by atoms with van der Waals surface area (Å²) in [6.45, 7) is 63.2. The first-order chi connectivity index (χ1) is 42.0. The van der Waals surface area contributed by atoms with E-state index in [4.69, 9.17) is 24.0 Å². The Labute approximate surface area is 580 Å². The van der Waals surface area contributed by atoms with Crippen molar-refractivity contribution in [3.05, 3.63) is 0 Å². The molecule has 0 aromatic rings. The van der Waals surface area contributed by atoms with Crippen molar-refractivity contribution >= 4 is 74.3 Å². The van der Waals surface area contributed by atoms with Crippen molar-refractivity contribution in [1.29, 1.82) is 5.26 Å². The van der Waals surface area contributed by atoms with Crippen molar-refractivity contribution in [2.45, 2.75) is 254 Å². The monoisotopic (exact) mass is 1460 g/mol. The van der Waals surface area contributed by atoms with E-state index in [1.807, 2.05) is 137 Å². The average Bonchev–Trinajstić information content (AvgIpc) is 1.61. The van der Waals surface area contributed by atoms with Crippen LogP contribution in [0.25, 0.3) is 0 Å². The number of cyclic esters (lactones) is 4. The molecule has 2 amide bonds. The van der Waals surface area contributed by atoms with Crippen LogP contribution in [-0.4, -0.2) is 203 Å². The molecule has 0 saturated carbocycles. The van der Waals surface area contributed by atoms with Crippen LogP contribution in [-0.2, 0) is 81.2 Å². The third kappa shape index (κ3) is 51.3. The molecule has 4 saturated heterocycles. The van der Waals surface area contributed by atoms with Crippen molar-refractivity contribution in [1.82, 2.24) is 9.80 Å². The molecule has 4 fully saturated rings. The SMILES string of the molecule is CC(=O)N(C)C(C)C.CC(C)C#N.CC(C)C(=O)N(C)C.CC(C)C1(C)CS(=O)(=O)CC1(C)C.CC(C)C1(C)OC(=O)OC1(C)C.CC(C)C1CCS(=O)(=O)C1.CC(C)C1COC(=O)O1.CC(C)OP(C)(C)=O.CC(C)P(C)(C)=O.CC(C)S(C)(=O)=O.COC(=O)OC(C)C. The van der Waals surface area contributed by atoms with Crippen LogP contribution in [0.15, 0.2) is 0 Å². The van der Waals surface area contributed by atoms with Crippen molar-refractivity contribution in [2.24, 2.45) is 52.3 Å². The molecule has 23 nitrogen and oxygen atoms in total. The summed E-state index contributed by atoms with van der Waals surface area (Å²) in [6.07, 6.45) is 0.346. The first-order valence-corrected chi connectivity index (χ1v) is 43.5. The summed E-state index contributed by atoms with van der Waals surface area (Å²) < 4.78 is 121. The first kappa shape index (κ1) is 105. The van der Waals surface area contributed by atoms with Gasteiger partial charge in [-0.1, -0.05) is 104 Å². The average molecular weight is 1460 g/mol. The lowest BCUT2D eigenvalue weighted by Crippen LogP contribution is -2.48. The summed E-state index contributed by atoms with van der Waals surface area (Å²) in [7, 11) is -5.53. The summed E-state index contributed by atoms with van der Waals surface area (Å²) in [5.41, 5.74) is -0.832. The Hall–Kier alpha value is -3.49. The van der Waals surface area contributed by atoms with Crippen LogP contribution in [0.3, 0.4) is 0 Å². The number of sulfone groups is 3. The largest absolute Gasteiger partial charge is 0.509 e. The first-order valence-electron chi connectivity index (χ1n) is 32.7. The zero-order chi connectivity index (χ0) is 77.9. The minimum atomic E-state index is -2.81. The van der Waals surface area contributed by atoms with E-state index in [0.717, 1.165) is 6.42 Å². The maximum atomic E-state index is 11.6. The lowest BCUT2D eigenvalue weighted by Gasteiger charge is -2.40. The smallest absolute Gasteiger partial charge is 0.438 e. The Morgan fingerprint density at radius 1 is 0.684 bits per heavy atom. The maximum absolute atomic E-state index is 11.6. The number of amides is 2. The van der Waals surface area contributed by atoms with Gasteiger partial charge in [0.15, 0.2) is 32.6 Å². The van der Waals surface area contributed by atoms with Crippen LogP contribution in [0.2, 0.25) is 0 Å². The number of rotatable bonds is 11. The molecule has 4 heterocycles. The fourth-order valence-electron chi connectivity index (χ4n) is 7.45. The number of methoxy groups -OCH3 is 1. The van der Waals surface area contributed by atoms with Gasteiger partial charge in [-0.3, -0.25) is 14.2 Å². The van der Waals surface area contributed by atoms with Crippen LogP contribution in [0.5, 0.6) is 0 Å². The van der Waals surface area contributed by atoms with Gasteiger partial charge in [0.1, 0.15) is 28.1 Å². The van der Waals surface area contributed by atoms with Gasteiger partial charge in [0.25, 0.3) is 0 Å². The van der Waals surface area contributed by atoms with E-state index in [1.165, 1.54) is 13.4 Å². The highest BCUT2D eigenvalue weighted by Crippen LogP contribution is 2.51. The van der Waals surface area contributed by atoms with Gasteiger partial charge in [-0.2, -0.15) is 5.26 Å². The zero-order valence-corrected chi connectivity index (χ0v) is 70.6. The molecule has 0 radical (unpaired) electrons. The number of carbonyl (C=O) groups excluding carboxylic acids is 5.